The number of carboxylic acids is 1. The first-order valence-electron chi connectivity index (χ1n) is 4.22. The molecule has 0 fully saturated rings. The Labute approximate surface area is 81.6 Å². The second-order valence-electron chi connectivity index (χ2n) is 3.08. The van der Waals surface area contributed by atoms with Crippen LogP contribution < -0.4 is 5.32 Å². The van der Waals surface area contributed by atoms with Gasteiger partial charge in [-0.05, 0) is 20.0 Å². The number of likely N-dealkylation sites (N-methyl/N-ethyl adjacent to an activating group) is 1. The minimum atomic E-state index is -1.09. The third-order valence-electron chi connectivity index (χ3n) is 2.00. The zero-order valence-electron chi connectivity index (χ0n) is 8.04. The summed E-state index contributed by atoms with van der Waals surface area (Å²) in [6.45, 7) is 1.79. The highest BCUT2D eigenvalue weighted by Crippen LogP contribution is 2.18. The molecule has 0 amide bonds. The molecule has 1 aromatic rings. The van der Waals surface area contributed by atoms with Crippen LogP contribution >= 0.6 is 0 Å². The number of hydrogen-bond acceptors (Lipinski definition) is 2. The van der Waals surface area contributed by atoms with Crippen LogP contribution in [0.25, 0.3) is 0 Å². The Bertz CT molecular complexity index is 352. The molecule has 0 bridgehead atoms. The Hall–Kier alpha value is -1.42. The summed E-state index contributed by atoms with van der Waals surface area (Å²) in [6, 6.07) is 3.42. The van der Waals surface area contributed by atoms with Crippen LogP contribution in [-0.2, 0) is 4.79 Å². The number of hydrogen-bond donors (Lipinski definition) is 2. The zero-order chi connectivity index (χ0) is 10.7. The molecule has 0 aliphatic rings. The third-order valence-corrected chi connectivity index (χ3v) is 2.00. The maximum atomic E-state index is 13.3. The summed E-state index contributed by atoms with van der Waals surface area (Å²) in [5.41, 5.74) is 1.00. The van der Waals surface area contributed by atoms with Crippen molar-refractivity contribution in [1.82, 2.24) is 5.32 Å². The summed E-state index contributed by atoms with van der Waals surface area (Å²) in [6.07, 6.45) is 0. The van der Waals surface area contributed by atoms with Crippen LogP contribution in [0.15, 0.2) is 18.2 Å². The molecule has 0 aliphatic carbocycles. The van der Waals surface area contributed by atoms with E-state index in [0.29, 0.717) is 0 Å². The number of aliphatic carboxylic acids is 1. The Balaban J connectivity index is 3.15. The van der Waals surface area contributed by atoms with Gasteiger partial charge in [0.05, 0.1) is 0 Å². The van der Waals surface area contributed by atoms with Crippen LogP contribution in [-0.4, -0.2) is 18.1 Å². The number of carboxylic acid groups (broad SMARTS) is 1. The van der Waals surface area contributed by atoms with Gasteiger partial charge in [0.25, 0.3) is 0 Å². The summed E-state index contributed by atoms with van der Waals surface area (Å²) in [5, 5.41) is 11.4. The third kappa shape index (κ3) is 2.09. The Morgan fingerprint density at radius 1 is 1.57 bits per heavy atom. The van der Waals surface area contributed by atoms with Crippen molar-refractivity contribution in [3.8, 4) is 0 Å². The highest BCUT2D eigenvalue weighted by molar-refractivity contribution is 5.75. The van der Waals surface area contributed by atoms with E-state index in [1.807, 2.05) is 0 Å². The lowest BCUT2D eigenvalue weighted by molar-refractivity contribution is -0.139. The Morgan fingerprint density at radius 3 is 2.71 bits per heavy atom. The van der Waals surface area contributed by atoms with E-state index >= 15 is 0 Å². The largest absolute Gasteiger partial charge is 0.480 e. The van der Waals surface area contributed by atoms with Crippen LogP contribution in [0.3, 0.4) is 0 Å². The first kappa shape index (κ1) is 10.7. The topological polar surface area (TPSA) is 49.3 Å². The van der Waals surface area contributed by atoms with E-state index in [4.69, 9.17) is 5.11 Å². The highest BCUT2D eigenvalue weighted by Gasteiger charge is 2.20. The lowest BCUT2D eigenvalue weighted by atomic mass is 10.0. The summed E-state index contributed by atoms with van der Waals surface area (Å²) in [5.74, 6) is -1.59. The highest BCUT2D eigenvalue weighted by atomic mass is 19.1. The smallest absolute Gasteiger partial charge is 0.325 e. The predicted molar refractivity (Wildman–Crippen MR) is 50.6 cm³/mol. The molecular formula is C10H12FNO2. The van der Waals surface area contributed by atoms with Gasteiger partial charge in [-0.25, -0.2) is 4.39 Å². The molecule has 1 rings (SSSR count). The molecule has 0 radical (unpaired) electrons. The van der Waals surface area contributed by atoms with Crippen LogP contribution in [0, 0.1) is 12.7 Å². The molecule has 14 heavy (non-hydrogen) atoms. The van der Waals surface area contributed by atoms with Crippen LogP contribution in [0.4, 0.5) is 4.39 Å². The molecule has 3 nitrogen and oxygen atoms in total. The monoisotopic (exact) mass is 197 g/mol. The van der Waals surface area contributed by atoms with Crippen molar-refractivity contribution in [2.24, 2.45) is 0 Å². The van der Waals surface area contributed by atoms with Crippen molar-refractivity contribution >= 4 is 5.97 Å². The average Bonchev–Trinajstić information content (AvgIpc) is 2.11. The summed E-state index contributed by atoms with van der Waals surface area (Å²) >= 11 is 0. The number of aryl methyl sites for hydroxylation is 1. The molecule has 0 spiro atoms. The normalized spacial score (nSPS) is 12.5. The summed E-state index contributed by atoms with van der Waals surface area (Å²) in [7, 11) is 1.49. The van der Waals surface area contributed by atoms with Gasteiger partial charge in [0.2, 0.25) is 0 Å². The second kappa shape index (κ2) is 4.19. The van der Waals surface area contributed by atoms with E-state index < -0.39 is 17.8 Å². The fraction of sp³-hybridized carbons (Fsp3) is 0.300. The fourth-order valence-electron chi connectivity index (χ4n) is 1.30. The predicted octanol–water partition coefficient (Wildman–Crippen LogP) is 1.48. The van der Waals surface area contributed by atoms with Crippen LogP contribution in [0.1, 0.15) is 17.2 Å². The van der Waals surface area contributed by atoms with Gasteiger partial charge in [-0.15, -0.1) is 0 Å². The molecule has 1 unspecified atom stereocenters. The van der Waals surface area contributed by atoms with Crippen molar-refractivity contribution in [1.29, 1.82) is 0 Å². The van der Waals surface area contributed by atoms with Crippen molar-refractivity contribution in [2.75, 3.05) is 7.05 Å². The van der Waals surface area contributed by atoms with Gasteiger partial charge in [-0.2, -0.15) is 0 Å². The molecular weight excluding hydrogens is 185 g/mol. The van der Waals surface area contributed by atoms with Gasteiger partial charge in [-0.1, -0.05) is 17.7 Å². The molecule has 4 heteroatoms. The van der Waals surface area contributed by atoms with Gasteiger partial charge in [0.1, 0.15) is 11.9 Å². The number of carbonyl (C=O) groups is 1. The molecule has 1 atom stereocenters. The number of rotatable bonds is 3. The first-order chi connectivity index (χ1) is 6.56. The first-order valence-corrected chi connectivity index (χ1v) is 4.22. The maximum Gasteiger partial charge on any atom is 0.325 e. The Morgan fingerprint density at radius 2 is 2.21 bits per heavy atom. The molecule has 0 saturated carbocycles. The minimum Gasteiger partial charge on any atom is -0.480 e. The van der Waals surface area contributed by atoms with Crippen molar-refractivity contribution in [2.45, 2.75) is 13.0 Å². The fourth-order valence-corrected chi connectivity index (χ4v) is 1.30. The van der Waals surface area contributed by atoms with Crippen LogP contribution in [0.5, 0.6) is 0 Å². The van der Waals surface area contributed by atoms with Crippen molar-refractivity contribution in [3.63, 3.8) is 0 Å². The second-order valence-corrected chi connectivity index (χ2v) is 3.08. The molecule has 2 N–H and O–H groups in total. The van der Waals surface area contributed by atoms with Gasteiger partial charge >= 0.3 is 5.97 Å². The summed E-state index contributed by atoms with van der Waals surface area (Å²) in [4.78, 5) is 10.8. The van der Waals surface area contributed by atoms with E-state index in [2.05, 4.69) is 5.32 Å². The van der Waals surface area contributed by atoms with Gasteiger partial charge in [0, 0.05) is 5.56 Å². The zero-order valence-corrected chi connectivity index (χ0v) is 8.04. The number of nitrogens with one attached hydrogen (secondary N) is 1. The van der Waals surface area contributed by atoms with E-state index in [9.17, 15) is 9.18 Å². The van der Waals surface area contributed by atoms with E-state index in [1.165, 1.54) is 19.2 Å². The lowest BCUT2D eigenvalue weighted by Crippen LogP contribution is -2.26. The van der Waals surface area contributed by atoms with Crippen LogP contribution in [0.2, 0.25) is 0 Å². The standard InChI is InChI=1S/C10H12FNO2/c1-6-3-4-8(11)7(5-6)9(12-2)10(13)14/h3-5,9,12H,1-2H3,(H,13,14). The SMILES string of the molecule is CNC(C(=O)O)c1cc(C)ccc1F. The van der Waals surface area contributed by atoms with E-state index in [1.54, 1.807) is 13.0 Å². The number of benzene rings is 1. The molecule has 1 aromatic carbocycles. The van der Waals surface area contributed by atoms with Gasteiger partial charge < -0.3 is 10.4 Å². The molecule has 0 aromatic heterocycles. The quantitative estimate of drug-likeness (QED) is 0.771. The minimum absolute atomic E-state index is 0.167. The summed E-state index contributed by atoms with van der Waals surface area (Å²) < 4.78 is 13.3. The molecule has 0 saturated heterocycles. The average molecular weight is 197 g/mol. The van der Waals surface area contributed by atoms with Gasteiger partial charge in [0.15, 0.2) is 0 Å². The lowest BCUT2D eigenvalue weighted by Gasteiger charge is -2.12. The Kier molecular flexibility index (Phi) is 3.19. The maximum absolute atomic E-state index is 13.3. The number of halogens is 1. The molecule has 0 aliphatic heterocycles. The van der Waals surface area contributed by atoms with E-state index in [-0.39, 0.29) is 5.56 Å². The molecule has 76 valence electrons. The van der Waals surface area contributed by atoms with Crippen molar-refractivity contribution in [3.05, 3.63) is 35.1 Å². The van der Waals surface area contributed by atoms with E-state index in [0.717, 1.165) is 5.56 Å². The van der Waals surface area contributed by atoms with Crippen molar-refractivity contribution < 1.29 is 14.3 Å². The molecule has 0 heterocycles. The van der Waals surface area contributed by atoms with Gasteiger partial charge in [-0.3, -0.25) is 4.79 Å².